The normalized spacial score (nSPS) is 17.5. The summed E-state index contributed by atoms with van der Waals surface area (Å²) >= 11 is 4.63. The maximum absolute atomic E-state index is 12.2. The Labute approximate surface area is 131 Å². The summed E-state index contributed by atoms with van der Waals surface area (Å²) < 4.78 is 32.9. The number of morpholine rings is 1. The van der Waals surface area contributed by atoms with Crippen LogP contribution in [-0.4, -0.2) is 52.7 Å². The fourth-order valence-electron chi connectivity index (χ4n) is 1.92. The van der Waals surface area contributed by atoms with Crippen molar-refractivity contribution in [2.24, 2.45) is 5.73 Å². The van der Waals surface area contributed by atoms with Crippen LogP contribution in [-0.2, 0) is 21.3 Å². The van der Waals surface area contributed by atoms with Gasteiger partial charge in [0.15, 0.2) is 0 Å². The van der Waals surface area contributed by atoms with Crippen LogP contribution in [0.15, 0.2) is 14.7 Å². The number of ether oxygens (including phenoxy) is 1. The second kappa shape index (κ2) is 7.30. The van der Waals surface area contributed by atoms with Crippen LogP contribution in [0.25, 0.3) is 0 Å². The van der Waals surface area contributed by atoms with Crippen molar-refractivity contribution < 1.29 is 13.2 Å². The maximum Gasteiger partial charge on any atom is 0.242 e. The van der Waals surface area contributed by atoms with Gasteiger partial charge < -0.3 is 10.5 Å². The van der Waals surface area contributed by atoms with E-state index in [9.17, 15) is 8.42 Å². The molecule has 1 aromatic rings. The summed E-state index contributed by atoms with van der Waals surface area (Å²) in [6.45, 7) is 4.54. The first kappa shape index (κ1) is 16.3. The predicted octanol–water partition coefficient (Wildman–Crippen LogP) is 0.580. The van der Waals surface area contributed by atoms with Crippen molar-refractivity contribution in [2.45, 2.75) is 11.4 Å². The number of nitrogens with one attached hydrogen (secondary N) is 1. The van der Waals surface area contributed by atoms with E-state index in [2.05, 4.69) is 25.6 Å². The van der Waals surface area contributed by atoms with E-state index < -0.39 is 10.0 Å². The van der Waals surface area contributed by atoms with E-state index in [4.69, 9.17) is 10.5 Å². The zero-order chi connectivity index (χ0) is 14.6. The highest BCUT2D eigenvalue weighted by atomic mass is 79.9. The van der Waals surface area contributed by atoms with Gasteiger partial charge in [-0.05, 0) is 22.0 Å². The van der Waals surface area contributed by atoms with Crippen LogP contribution in [0.2, 0.25) is 0 Å². The molecule has 1 aromatic heterocycles. The van der Waals surface area contributed by atoms with Gasteiger partial charge in [-0.3, -0.25) is 4.90 Å². The Morgan fingerprint density at radius 1 is 1.45 bits per heavy atom. The Balaban J connectivity index is 1.91. The molecule has 9 heteroatoms. The second-order valence-corrected chi connectivity index (χ2v) is 8.60. The highest BCUT2D eigenvalue weighted by Gasteiger charge is 2.20. The van der Waals surface area contributed by atoms with Crippen molar-refractivity contribution in [3.05, 3.63) is 14.7 Å². The molecule has 1 aliphatic heterocycles. The summed E-state index contributed by atoms with van der Waals surface area (Å²) in [5, 5.41) is 0. The number of hydrogen-bond acceptors (Lipinski definition) is 6. The van der Waals surface area contributed by atoms with Gasteiger partial charge in [-0.2, -0.15) is 0 Å². The van der Waals surface area contributed by atoms with Crippen molar-refractivity contribution in [2.75, 3.05) is 39.4 Å². The lowest BCUT2D eigenvalue weighted by Gasteiger charge is -2.26. The quantitative estimate of drug-likeness (QED) is 0.750. The SMILES string of the molecule is NCc1cc(S(=O)(=O)NCCN2CCOCC2)c(Br)s1. The summed E-state index contributed by atoms with van der Waals surface area (Å²) in [7, 11) is -3.48. The average Bonchev–Trinajstić information content (AvgIpc) is 2.82. The van der Waals surface area contributed by atoms with Crippen molar-refractivity contribution >= 4 is 37.3 Å². The molecule has 1 saturated heterocycles. The molecule has 0 saturated carbocycles. The van der Waals surface area contributed by atoms with E-state index in [0.29, 0.717) is 36.6 Å². The molecule has 2 rings (SSSR count). The molecule has 0 aromatic carbocycles. The lowest BCUT2D eigenvalue weighted by Crippen LogP contribution is -2.41. The molecule has 1 aliphatic rings. The minimum atomic E-state index is -3.48. The first-order valence-corrected chi connectivity index (χ1v) is 9.40. The lowest BCUT2D eigenvalue weighted by atomic mass is 10.4. The standard InChI is InChI=1S/C11H18BrN3O3S2/c12-11-10(7-9(8-13)19-11)20(16,17)14-1-2-15-3-5-18-6-4-15/h7,14H,1-6,8,13H2. The molecule has 114 valence electrons. The smallest absolute Gasteiger partial charge is 0.242 e. The van der Waals surface area contributed by atoms with Crippen molar-refractivity contribution in [3.8, 4) is 0 Å². The summed E-state index contributed by atoms with van der Waals surface area (Å²) in [5.41, 5.74) is 5.53. The number of nitrogens with two attached hydrogens (primary N) is 1. The number of nitrogens with zero attached hydrogens (tertiary/aromatic N) is 1. The van der Waals surface area contributed by atoms with Crippen molar-refractivity contribution in [1.82, 2.24) is 9.62 Å². The number of hydrogen-bond donors (Lipinski definition) is 2. The Hall–Kier alpha value is -0.0300. The number of thiophene rings is 1. The molecule has 0 bridgehead atoms. The Morgan fingerprint density at radius 2 is 2.15 bits per heavy atom. The second-order valence-electron chi connectivity index (χ2n) is 4.41. The van der Waals surface area contributed by atoms with E-state index >= 15 is 0 Å². The fourth-order valence-corrected chi connectivity index (χ4v) is 5.50. The molecule has 3 N–H and O–H groups in total. The first-order chi connectivity index (χ1) is 9.53. The first-order valence-electron chi connectivity index (χ1n) is 6.31. The average molecular weight is 384 g/mol. The van der Waals surface area contributed by atoms with E-state index in [0.717, 1.165) is 18.0 Å². The van der Waals surface area contributed by atoms with Crippen LogP contribution in [0.4, 0.5) is 0 Å². The van der Waals surface area contributed by atoms with Gasteiger partial charge in [0, 0.05) is 37.6 Å². The van der Waals surface area contributed by atoms with E-state index in [1.54, 1.807) is 6.07 Å². The van der Waals surface area contributed by atoms with E-state index in [1.165, 1.54) is 11.3 Å². The van der Waals surface area contributed by atoms with Gasteiger partial charge in [-0.25, -0.2) is 13.1 Å². The molecular weight excluding hydrogens is 366 g/mol. The molecule has 1 fully saturated rings. The van der Waals surface area contributed by atoms with Crippen LogP contribution >= 0.6 is 27.3 Å². The highest BCUT2D eigenvalue weighted by molar-refractivity contribution is 9.11. The molecule has 2 heterocycles. The van der Waals surface area contributed by atoms with E-state index in [1.807, 2.05) is 0 Å². The van der Waals surface area contributed by atoms with Gasteiger partial charge in [0.2, 0.25) is 10.0 Å². The third-order valence-electron chi connectivity index (χ3n) is 3.02. The zero-order valence-corrected chi connectivity index (χ0v) is 14.2. The predicted molar refractivity (Wildman–Crippen MR) is 82.4 cm³/mol. The van der Waals surface area contributed by atoms with Crippen LogP contribution < -0.4 is 10.5 Å². The fraction of sp³-hybridized carbons (Fsp3) is 0.636. The molecular formula is C11H18BrN3O3S2. The summed E-state index contributed by atoms with van der Waals surface area (Å²) in [6, 6.07) is 1.62. The Bertz CT molecular complexity index is 541. The highest BCUT2D eigenvalue weighted by Crippen LogP contribution is 2.31. The molecule has 20 heavy (non-hydrogen) atoms. The molecule has 0 aliphatic carbocycles. The summed E-state index contributed by atoms with van der Waals surface area (Å²) in [5.74, 6) is 0. The largest absolute Gasteiger partial charge is 0.379 e. The monoisotopic (exact) mass is 383 g/mol. The number of sulfonamides is 1. The van der Waals surface area contributed by atoms with Crippen molar-refractivity contribution in [3.63, 3.8) is 0 Å². The molecule has 0 spiro atoms. The maximum atomic E-state index is 12.2. The Kier molecular flexibility index (Phi) is 5.96. The van der Waals surface area contributed by atoms with Gasteiger partial charge in [-0.15, -0.1) is 11.3 Å². The summed E-state index contributed by atoms with van der Waals surface area (Å²) in [6.07, 6.45) is 0. The van der Waals surface area contributed by atoms with Gasteiger partial charge in [0.05, 0.1) is 17.0 Å². The van der Waals surface area contributed by atoms with Crippen molar-refractivity contribution in [1.29, 1.82) is 0 Å². The number of rotatable bonds is 6. The van der Waals surface area contributed by atoms with Gasteiger partial charge in [0.25, 0.3) is 0 Å². The Morgan fingerprint density at radius 3 is 2.75 bits per heavy atom. The van der Waals surface area contributed by atoms with Crippen LogP contribution in [0, 0.1) is 0 Å². The summed E-state index contributed by atoms with van der Waals surface area (Å²) in [4.78, 5) is 3.29. The minimum Gasteiger partial charge on any atom is -0.379 e. The lowest BCUT2D eigenvalue weighted by molar-refractivity contribution is 0.0390. The topological polar surface area (TPSA) is 84.7 Å². The van der Waals surface area contributed by atoms with Gasteiger partial charge in [0.1, 0.15) is 4.90 Å². The third-order valence-corrected chi connectivity index (χ3v) is 6.76. The van der Waals surface area contributed by atoms with Crippen LogP contribution in [0.1, 0.15) is 4.88 Å². The van der Waals surface area contributed by atoms with Crippen LogP contribution in [0.3, 0.4) is 0 Å². The molecule has 0 atom stereocenters. The van der Waals surface area contributed by atoms with E-state index in [-0.39, 0.29) is 4.90 Å². The minimum absolute atomic E-state index is 0.268. The van der Waals surface area contributed by atoms with Gasteiger partial charge in [-0.1, -0.05) is 0 Å². The van der Waals surface area contributed by atoms with Crippen LogP contribution in [0.5, 0.6) is 0 Å². The molecule has 6 nitrogen and oxygen atoms in total. The third kappa shape index (κ3) is 4.23. The molecule has 0 unspecified atom stereocenters. The zero-order valence-electron chi connectivity index (χ0n) is 11.0. The molecule has 0 radical (unpaired) electrons. The number of halogens is 1. The molecule has 0 amide bonds. The van der Waals surface area contributed by atoms with Gasteiger partial charge >= 0.3 is 0 Å².